The van der Waals surface area contributed by atoms with Gasteiger partial charge in [-0.15, -0.1) is 29.3 Å². The standard InChI is InChI=1S/C43H39N2O2.Pt/c1-26-19-20-44-39-35(26)24-32(43(5,6)7)25-36(39)30-22-28(27-15-17-31(18-16-27)42(2,3)4)21-29(23-30)33-12-10-14-38-40(33)45-41(47-38)34-11-8-9-13-37(34)46;/h8-22,24-25,46H,1-7H3;/q-1;. The summed E-state index contributed by atoms with van der Waals surface area (Å²) in [5.41, 5.74) is 12.6. The molecule has 5 aromatic carbocycles. The monoisotopic (exact) mass is 810 g/mol. The molecule has 0 aliphatic heterocycles. The van der Waals surface area contributed by atoms with E-state index >= 15 is 0 Å². The molecule has 0 aliphatic rings. The number of phenolic OH excluding ortho intramolecular Hbond substituents is 1. The van der Waals surface area contributed by atoms with E-state index in [1.165, 1.54) is 16.7 Å². The molecule has 0 atom stereocenters. The fourth-order valence-corrected chi connectivity index (χ4v) is 6.15. The molecule has 244 valence electrons. The number of aromatic hydroxyl groups is 1. The number of rotatable bonds is 4. The van der Waals surface area contributed by atoms with Crippen LogP contribution in [0, 0.1) is 13.0 Å². The van der Waals surface area contributed by atoms with Crippen molar-refractivity contribution >= 4 is 22.0 Å². The molecular formula is C43H39N2O2Pt-. The molecule has 0 bridgehead atoms. The maximum atomic E-state index is 10.5. The Hall–Kier alpha value is -4.53. The van der Waals surface area contributed by atoms with Gasteiger partial charge in [0.05, 0.1) is 11.1 Å². The van der Waals surface area contributed by atoms with Gasteiger partial charge in [-0.05, 0) is 69.7 Å². The molecule has 5 heteroatoms. The van der Waals surface area contributed by atoms with E-state index < -0.39 is 0 Å². The first kappa shape index (κ1) is 33.4. The predicted octanol–water partition coefficient (Wildman–Crippen LogP) is 11.5. The van der Waals surface area contributed by atoms with E-state index in [-0.39, 0.29) is 37.6 Å². The van der Waals surface area contributed by atoms with Crippen molar-refractivity contribution < 1.29 is 30.6 Å². The van der Waals surface area contributed by atoms with Gasteiger partial charge in [-0.2, -0.15) is 0 Å². The summed E-state index contributed by atoms with van der Waals surface area (Å²) in [5.74, 6) is 0.506. The molecule has 0 saturated carbocycles. The molecule has 2 heterocycles. The van der Waals surface area contributed by atoms with Gasteiger partial charge in [-0.3, -0.25) is 4.98 Å². The Labute approximate surface area is 297 Å². The van der Waals surface area contributed by atoms with Crippen LogP contribution in [0.4, 0.5) is 0 Å². The minimum absolute atomic E-state index is 0. The number of hydrogen-bond donors (Lipinski definition) is 1. The largest absolute Gasteiger partial charge is 0.507 e. The maximum Gasteiger partial charge on any atom is 0.230 e. The number of para-hydroxylation sites is 2. The SMILES string of the molecule is Cc1ccnc2c(-c3[c-]c(-c4cccc5oc(-c6ccccc6O)nc45)cc(-c4ccc(C(C)(C)C)cc4)c3)cc(C(C)(C)C)cc12.[Pt]. The molecule has 7 aromatic rings. The summed E-state index contributed by atoms with van der Waals surface area (Å²) in [6.07, 6.45) is 1.89. The number of nitrogens with zero attached hydrogens (tertiary/aromatic N) is 2. The van der Waals surface area contributed by atoms with Crippen LogP contribution in [0.15, 0.2) is 108 Å². The topological polar surface area (TPSA) is 59.2 Å². The molecule has 4 nitrogen and oxygen atoms in total. The van der Waals surface area contributed by atoms with E-state index in [1.54, 1.807) is 12.1 Å². The van der Waals surface area contributed by atoms with Gasteiger partial charge >= 0.3 is 0 Å². The summed E-state index contributed by atoms with van der Waals surface area (Å²) in [7, 11) is 0. The van der Waals surface area contributed by atoms with Crippen molar-refractivity contribution in [2.24, 2.45) is 0 Å². The molecule has 0 unspecified atom stereocenters. The van der Waals surface area contributed by atoms with Crippen LogP contribution in [-0.4, -0.2) is 15.1 Å². The van der Waals surface area contributed by atoms with Crippen LogP contribution in [0.25, 0.3) is 66.8 Å². The summed E-state index contributed by atoms with van der Waals surface area (Å²) in [6.45, 7) is 15.6. The zero-order valence-corrected chi connectivity index (χ0v) is 30.7. The van der Waals surface area contributed by atoms with Crippen LogP contribution < -0.4 is 0 Å². The summed E-state index contributed by atoms with van der Waals surface area (Å²) >= 11 is 0. The van der Waals surface area contributed by atoms with Gasteiger partial charge in [0.2, 0.25) is 5.89 Å². The van der Waals surface area contributed by atoms with Crippen LogP contribution in [0.1, 0.15) is 58.2 Å². The van der Waals surface area contributed by atoms with Gasteiger partial charge in [0.15, 0.2) is 0 Å². The van der Waals surface area contributed by atoms with Crippen LogP contribution in [-0.2, 0) is 31.9 Å². The first-order valence-electron chi connectivity index (χ1n) is 16.1. The van der Waals surface area contributed by atoms with Crippen molar-refractivity contribution in [1.82, 2.24) is 9.97 Å². The van der Waals surface area contributed by atoms with E-state index in [2.05, 4.69) is 115 Å². The smallest absolute Gasteiger partial charge is 0.230 e. The zero-order valence-electron chi connectivity index (χ0n) is 28.4. The number of aryl methyl sites for hydroxylation is 1. The fraction of sp³-hybridized carbons (Fsp3) is 0.209. The molecule has 0 aliphatic carbocycles. The van der Waals surface area contributed by atoms with Gasteiger partial charge in [0.1, 0.15) is 11.3 Å². The van der Waals surface area contributed by atoms with Gasteiger partial charge in [0.25, 0.3) is 0 Å². The van der Waals surface area contributed by atoms with E-state index in [0.717, 1.165) is 49.8 Å². The van der Waals surface area contributed by atoms with Crippen molar-refractivity contribution in [1.29, 1.82) is 0 Å². The van der Waals surface area contributed by atoms with E-state index in [9.17, 15) is 5.11 Å². The molecule has 0 spiro atoms. The third-order valence-corrected chi connectivity index (χ3v) is 9.02. The third-order valence-electron chi connectivity index (χ3n) is 9.02. The second-order valence-electron chi connectivity index (χ2n) is 14.5. The Bertz CT molecular complexity index is 2290. The van der Waals surface area contributed by atoms with Crippen LogP contribution in [0.5, 0.6) is 5.75 Å². The first-order valence-corrected chi connectivity index (χ1v) is 16.1. The summed E-state index contributed by atoms with van der Waals surface area (Å²) in [6, 6.07) is 36.8. The molecule has 0 fully saturated rings. The zero-order chi connectivity index (χ0) is 33.1. The number of oxazole rings is 1. The van der Waals surface area contributed by atoms with E-state index in [4.69, 9.17) is 14.4 Å². The predicted molar refractivity (Wildman–Crippen MR) is 194 cm³/mol. The minimum atomic E-state index is -0.0554. The Balaban J connectivity index is 0.00000401. The number of hydrogen-bond acceptors (Lipinski definition) is 4. The van der Waals surface area contributed by atoms with Crippen molar-refractivity contribution in [3.05, 3.63) is 126 Å². The van der Waals surface area contributed by atoms with Crippen LogP contribution in [0.3, 0.4) is 0 Å². The normalized spacial score (nSPS) is 12.0. The quantitative estimate of drug-likeness (QED) is 0.180. The van der Waals surface area contributed by atoms with Crippen molar-refractivity contribution in [3.8, 4) is 50.6 Å². The Morgan fingerprint density at radius 1 is 0.646 bits per heavy atom. The van der Waals surface area contributed by atoms with Gasteiger partial charge in [-0.1, -0.05) is 119 Å². The number of phenols is 1. The molecule has 0 amide bonds. The van der Waals surface area contributed by atoms with E-state index in [1.807, 2.05) is 30.5 Å². The van der Waals surface area contributed by atoms with Crippen molar-refractivity contribution in [2.75, 3.05) is 0 Å². The van der Waals surface area contributed by atoms with Crippen LogP contribution in [0.2, 0.25) is 0 Å². The van der Waals surface area contributed by atoms with Gasteiger partial charge < -0.3 is 9.52 Å². The Morgan fingerprint density at radius 3 is 2.00 bits per heavy atom. The van der Waals surface area contributed by atoms with Gasteiger partial charge in [0, 0.05) is 32.8 Å². The van der Waals surface area contributed by atoms with E-state index in [0.29, 0.717) is 17.0 Å². The number of fused-ring (bicyclic) bond motifs is 2. The maximum absolute atomic E-state index is 10.5. The molecule has 1 N–H and O–H groups in total. The fourth-order valence-electron chi connectivity index (χ4n) is 6.15. The summed E-state index contributed by atoms with van der Waals surface area (Å²) < 4.78 is 6.20. The second-order valence-corrected chi connectivity index (χ2v) is 14.5. The Kier molecular flexibility index (Phi) is 8.68. The molecule has 7 rings (SSSR count). The summed E-state index contributed by atoms with van der Waals surface area (Å²) in [4.78, 5) is 9.82. The second kappa shape index (κ2) is 12.5. The van der Waals surface area contributed by atoms with Crippen molar-refractivity contribution in [3.63, 3.8) is 0 Å². The summed E-state index contributed by atoms with van der Waals surface area (Å²) in [5, 5.41) is 11.7. The molecule has 0 saturated heterocycles. The minimum Gasteiger partial charge on any atom is -0.507 e. The van der Waals surface area contributed by atoms with Crippen LogP contribution >= 0.6 is 0 Å². The third kappa shape index (κ3) is 6.22. The number of pyridine rings is 1. The molecule has 0 radical (unpaired) electrons. The molecule has 48 heavy (non-hydrogen) atoms. The van der Waals surface area contributed by atoms with Gasteiger partial charge in [-0.25, -0.2) is 4.98 Å². The first-order chi connectivity index (χ1) is 22.4. The van der Waals surface area contributed by atoms with Crippen molar-refractivity contribution in [2.45, 2.75) is 59.3 Å². The number of aromatic nitrogens is 2. The molecular weight excluding hydrogens is 772 g/mol. The Morgan fingerprint density at radius 2 is 1.31 bits per heavy atom. The average Bonchev–Trinajstić information content (AvgIpc) is 3.48. The number of benzene rings is 5. The molecule has 2 aromatic heterocycles. The average molecular weight is 811 g/mol.